The number of nitrogens with two attached hydrogens (primary N) is 1. The number of nitrogen functional groups attached to an aromatic ring is 1. The van der Waals surface area contributed by atoms with Gasteiger partial charge in [-0.1, -0.05) is 24.8 Å². The van der Waals surface area contributed by atoms with Crippen LogP contribution in [0.1, 0.15) is 16.1 Å². The van der Waals surface area contributed by atoms with Crippen molar-refractivity contribution in [1.29, 1.82) is 0 Å². The maximum Gasteiger partial charge on any atom is 0.411 e. The molecule has 1 heterocycles. The number of pyridine rings is 1. The molecule has 0 aliphatic rings. The molecule has 4 aromatic rings. The largest absolute Gasteiger partial charge is 0.497 e. The van der Waals surface area contributed by atoms with Crippen molar-refractivity contribution in [3.63, 3.8) is 0 Å². The lowest BCUT2D eigenvalue weighted by Crippen LogP contribution is -2.31. The van der Waals surface area contributed by atoms with Gasteiger partial charge in [-0.3, -0.25) is 15.1 Å². The molecule has 2 amide bonds. The topological polar surface area (TPSA) is 140 Å². The molecule has 0 unspecified atom stereocenters. The molecule has 0 radical (unpaired) electrons. The first kappa shape index (κ1) is 30.3. The minimum absolute atomic E-state index is 0.0811. The lowest BCUT2D eigenvalue weighted by atomic mass is 10.2. The van der Waals surface area contributed by atoms with E-state index in [-0.39, 0.29) is 18.2 Å². The Morgan fingerprint density at radius 3 is 2.05 bits per heavy atom. The monoisotopic (exact) mass is 582 g/mol. The number of ether oxygens (including phenoxy) is 3. The van der Waals surface area contributed by atoms with Crippen LogP contribution in [-0.4, -0.2) is 49.3 Å². The molecule has 11 nitrogen and oxygen atoms in total. The predicted molar refractivity (Wildman–Crippen MR) is 167 cm³/mol. The lowest BCUT2D eigenvalue weighted by Gasteiger charge is -2.27. The summed E-state index contributed by atoms with van der Waals surface area (Å²) in [7, 11) is 3.18. The molecule has 1 aromatic heterocycles. The van der Waals surface area contributed by atoms with Crippen molar-refractivity contribution in [2.45, 2.75) is 6.54 Å². The van der Waals surface area contributed by atoms with Crippen LogP contribution >= 0.6 is 0 Å². The number of benzene rings is 3. The quantitative estimate of drug-likeness (QED) is 0.149. The average molecular weight is 583 g/mol. The molecule has 5 N–H and O–H groups in total. The summed E-state index contributed by atoms with van der Waals surface area (Å²) in [6.07, 6.45) is 1.03. The van der Waals surface area contributed by atoms with E-state index in [1.807, 2.05) is 29.2 Å². The Morgan fingerprint density at radius 2 is 1.47 bits per heavy atom. The van der Waals surface area contributed by atoms with E-state index < -0.39 is 6.09 Å². The molecule has 11 heteroatoms. The summed E-state index contributed by atoms with van der Waals surface area (Å²) in [4.78, 5) is 31.3. The Kier molecular flexibility index (Phi) is 10.4. The van der Waals surface area contributed by atoms with Crippen LogP contribution in [0, 0.1) is 0 Å². The number of amides is 2. The molecule has 222 valence electrons. The fourth-order valence-corrected chi connectivity index (χ4v) is 3.98. The van der Waals surface area contributed by atoms with Gasteiger partial charge in [-0.15, -0.1) is 0 Å². The molecule has 0 atom stereocenters. The van der Waals surface area contributed by atoms with E-state index in [2.05, 4.69) is 27.5 Å². The zero-order valence-corrected chi connectivity index (χ0v) is 24.0. The molecular weight excluding hydrogens is 548 g/mol. The molecule has 3 aromatic carbocycles. The van der Waals surface area contributed by atoms with E-state index in [0.717, 1.165) is 17.0 Å². The van der Waals surface area contributed by atoms with Crippen LogP contribution < -0.4 is 31.2 Å². The third-order valence-electron chi connectivity index (χ3n) is 6.33. The van der Waals surface area contributed by atoms with Crippen LogP contribution in [-0.2, 0) is 11.3 Å². The van der Waals surface area contributed by atoms with Gasteiger partial charge in [0.05, 0.1) is 38.0 Å². The van der Waals surface area contributed by atoms with Crippen molar-refractivity contribution in [3.8, 4) is 11.5 Å². The number of rotatable bonds is 13. The third-order valence-corrected chi connectivity index (χ3v) is 6.33. The molecular formula is C32H34N6O5. The molecule has 0 saturated heterocycles. The van der Waals surface area contributed by atoms with E-state index in [4.69, 9.17) is 19.9 Å². The Bertz CT molecular complexity index is 1530. The third kappa shape index (κ3) is 8.89. The number of methoxy groups -OCH3 is 2. The zero-order chi connectivity index (χ0) is 30.6. The van der Waals surface area contributed by atoms with Crippen molar-refractivity contribution in [3.05, 3.63) is 115 Å². The van der Waals surface area contributed by atoms with Gasteiger partial charge in [0.1, 0.15) is 23.8 Å². The summed E-state index contributed by atoms with van der Waals surface area (Å²) < 4.78 is 15.8. The Balaban J connectivity index is 1.39. The minimum atomic E-state index is -0.588. The molecule has 0 fully saturated rings. The standard InChI is InChI=1S/C32H34N6O5/c1-22(35-24-9-13-26(41-2)14-10-24)38(18-19-43-32(40)36-25-11-15-27(42-3)16-12-25)21-23-8-17-30(34-20-23)31(39)37-29-7-5-4-6-28(29)33/h4-17,20,35H,1,18-19,21,33H2,2-3H3,(H,36,40)(H,37,39). The Labute approximate surface area is 250 Å². The van der Waals surface area contributed by atoms with Gasteiger partial charge in [0.15, 0.2) is 0 Å². The van der Waals surface area contributed by atoms with Gasteiger partial charge in [0.2, 0.25) is 0 Å². The number of para-hydroxylation sites is 2. The summed E-state index contributed by atoms with van der Waals surface area (Å²) in [6.45, 7) is 4.98. The summed E-state index contributed by atoms with van der Waals surface area (Å²) >= 11 is 0. The molecule has 4 rings (SSSR count). The highest BCUT2D eigenvalue weighted by molar-refractivity contribution is 6.04. The zero-order valence-electron chi connectivity index (χ0n) is 24.0. The molecule has 0 aliphatic heterocycles. The van der Waals surface area contributed by atoms with Crippen LogP contribution in [0.4, 0.5) is 27.5 Å². The van der Waals surface area contributed by atoms with E-state index in [0.29, 0.717) is 41.7 Å². The van der Waals surface area contributed by atoms with Gasteiger partial charge in [-0.05, 0) is 72.3 Å². The minimum Gasteiger partial charge on any atom is -0.497 e. The van der Waals surface area contributed by atoms with Crippen LogP contribution in [0.15, 0.2) is 104 Å². The van der Waals surface area contributed by atoms with Crippen molar-refractivity contribution in [2.75, 3.05) is 49.1 Å². The summed E-state index contributed by atoms with van der Waals surface area (Å²) in [5.41, 5.74) is 9.36. The number of nitrogens with one attached hydrogen (secondary N) is 3. The van der Waals surface area contributed by atoms with E-state index in [1.165, 1.54) is 0 Å². The molecule has 0 aliphatic carbocycles. The number of carbonyl (C=O) groups is 2. The van der Waals surface area contributed by atoms with E-state index in [9.17, 15) is 9.59 Å². The number of nitrogens with zero attached hydrogens (tertiary/aromatic N) is 2. The highest BCUT2D eigenvalue weighted by atomic mass is 16.5. The van der Waals surface area contributed by atoms with Gasteiger partial charge in [0, 0.05) is 24.1 Å². The first-order valence-corrected chi connectivity index (χ1v) is 13.4. The van der Waals surface area contributed by atoms with Crippen LogP contribution in [0.3, 0.4) is 0 Å². The Hall–Kier alpha value is -5.71. The van der Waals surface area contributed by atoms with Gasteiger partial charge < -0.3 is 35.5 Å². The smallest absolute Gasteiger partial charge is 0.411 e. The van der Waals surface area contributed by atoms with Crippen molar-refractivity contribution in [1.82, 2.24) is 9.88 Å². The highest BCUT2D eigenvalue weighted by Gasteiger charge is 2.14. The number of carbonyl (C=O) groups excluding carboxylic acids is 2. The Morgan fingerprint density at radius 1 is 0.837 bits per heavy atom. The van der Waals surface area contributed by atoms with Crippen molar-refractivity contribution in [2.24, 2.45) is 0 Å². The van der Waals surface area contributed by atoms with Gasteiger partial charge in [0.25, 0.3) is 5.91 Å². The fraction of sp³-hybridized carbons (Fsp3) is 0.156. The summed E-state index contributed by atoms with van der Waals surface area (Å²) in [5.74, 6) is 1.62. The first-order valence-electron chi connectivity index (χ1n) is 13.4. The molecule has 0 saturated carbocycles. The maximum absolute atomic E-state index is 12.7. The SMILES string of the molecule is C=C(Nc1ccc(OC)cc1)N(CCOC(=O)Nc1ccc(OC)cc1)Cc1ccc(C(=O)Nc2ccccc2N)nc1. The van der Waals surface area contributed by atoms with Gasteiger partial charge in [-0.25, -0.2) is 4.79 Å². The van der Waals surface area contributed by atoms with Crippen molar-refractivity contribution >= 4 is 34.7 Å². The molecule has 0 spiro atoms. The van der Waals surface area contributed by atoms with Crippen molar-refractivity contribution < 1.29 is 23.8 Å². The van der Waals surface area contributed by atoms with Gasteiger partial charge in [-0.2, -0.15) is 0 Å². The second kappa shape index (κ2) is 14.8. The predicted octanol–water partition coefficient (Wildman–Crippen LogP) is 5.57. The van der Waals surface area contributed by atoms with E-state index >= 15 is 0 Å². The van der Waals surface area contributed by atoms with Crippen LogP contribution in [0.25, 0.3) is 0 Å². The number of hydrogen-bond acceptors (Lipinski definition) is 9. The summed E-state index contributed by atoms with van der Waals surface area (Å²) in [6, 6.07) is 24.8. The number of hydrogen-bond donors (Lipinski definition) is 4. The van der Waals surface area contributed by atoms with Crippen LogP contribution in [0.5, 0.6) is 11.5 Å². The molecule has 43 heavy (non-hydrogen) atoms. The second-order valence-electron chi connectivity index (χ2n) is 9.30. The molecule has 0 bridgehead atoms. The fourth-order valence-electron chi connectivity index (χ4n) is 3.98. The van der Waals surface area contributed by atoms with Crippen LogP contribution in [0.2, 0.25) is 0 Å². The van der Waals surface area contributed by atoms with E-state index in [1.54, 1.807) is 81.1 Å². The number of aromatic nitrogens is 1. The number of anilines is 4. The highest BCUT2D eigenvalue weighted by Crippen LogP contribution is 2.20. The normalized spacial score (nSPS) is 10.3. The first-order chi connectivity index (χ1) is 20.8. The summed E-state index contributed by atoms with van der Waals surface area (Å²) in [5, 5.41) is 8.74. The second-order valence-corrected chi connectivity index (χ2v) is 9.30. The average Bonchev–Trinajstić information content (AvgIpc) is 3.02. The van der Waals surface area contributed by atoms with Gasteiger partial charge >= 0.3 is 6.09 Å². The lowest BCUT2D eigenvalue weighted by molar-refractivity contribution is 0.102. The maximum atomic E-state index is 12.7.